The molecule has 5 nitrogen and oxygen atoms in total. The monoisotopic (exact) mass is 292 g/mol. The summed E-state index contributed by atoms with van der Waals surface area (Å²) in [5.41, 5.74) is 0.498. The van der Waals surface area contributed by atoms with Gasteiger partial charge in [-0.05, 0) is 0 Å². The molecule has 1 aliphatic carbocycles. The Morgan fingerprint density at radius 1 is 1.25 bits per heavy atom. The minimum absolute atomic E-state index is 0.00736. The molecule has 2 rings (SSSR count). The van der Waals surface area contributed by atoms with E-state index < -0.39 is 16.1 Å². The predicted molar refractivity (Wildman–Crippen MR) is 74.6 cm³/mol. The first kappa shape index (κ1) is 14.1. The third-order valence-electron chi connectivity index (χ3n) is 2.93. The molecule has 0 heterocycles. The Morgan fingerprint density at radius 3 is 2.45 bits per heavy atom. The minimum atomic E-state index is -2.51. The van der Waals surface area contributed by atoms with Crippen LogP contribution in [0, 0.1) is 0 Å². The highest BCUT2D eigenvalue weighted by molar-refractivity contribution is 7.73. The molecule has 104 valence electrons. The summed E-state index contributed by atoms with van der Waals surface area (Å²) in [6.45, 7) is 0. The van der Waals surface area contributed by atoms with Gasteiger partial charge in [0.05, 0.1) is 7.11 Å². The number of ether oxygens (including phenoxy) is 1. The summed E-state index contributed by atoms with van der Waals surface area (Å²) < 4.78 is 27.2. The summed E-state index contributed by atoms with van der Waals surface area (Å²) in [5, 5.41) is 10.1. The second-order valence-corrected chi connectivity index (χ2v) is 5.07. The first-order chi connectivity index (χ1) is 9.54. The summed E-state index contributed by atoms with van der Waals surface area (Å²) in [6, 6.07) is 8.48. The number of allylic oxidation sites excluding steroid dienone is 3. The van der Waals surface area contributed by atoms with E-state index >= 15 is 0 Å². The van der Waals surface area contributed by atoms with Gasteiger partial charge in [0, 0.05) is 23.6 Å². The summed E-state index contributed by atoms with van der Waals surface area (Å²) in [5.74, 6) is -0.671. The summed E-state index contributed by atoms with van der Waals surface area (Å²) in [4.78, 5) is 11.9. The number of benzene rings is 1. The highest BCUT2D eigenvalue weighted by Crippen LogP contribution is 2.25. The van der Waals surface area contributed by atoms with E-state index in [-0.39, 0.29) is 28.4 Å². The van der Waals surface area contributed by atoms with Crippen LogP contribution in [0.3, 0.4) is 0 Å². The molecule has 0 spiro atoms. The van der Waals surface area contributed by atoms with E-state index in [1.165, 1.54) is 7.11 Å². The number of aliphatic hydroxyl groups excluding tert-OH is 1. The molecule has 20 heavy (non-hydrogen) atoms. The standard InChI is InChI=1S/C14H12O5S/c1-19-12-8-11(15)10(7-13(12)20(17)18)14(16)9-5-3-2-4-6-9/h2-6,8,16H,7H2,1H3. The Balaban J connectivity index is 2.58. The zero-order valence-corrected chi connectivity index (χ0v) is 11.5. The molecule has 0 radical (unpaired) electrons. The molecule has 0 atom stereocenters. The van der Waals surface area contributed by atoms with Crippen LogP contribution in [0.4, 0.5) is 0 Å². The van der Waals surface area contributed by atoms with Crippen LogP contribution in [-0.4, -0.2) is 31.3 Å². The van der Waals surface area contributed by atoms with Crippen LogP contribution >= 0.6 is 0 Å². The lowest BCUT2D eigenvalue weighted by atomic mass is 9.94. The Morgan fingerprint density at radius 2 is 1.90 bits per heavy atom. The number of rotatable bonds is 2. The Labute approximate surface area is 117 Å². The fraction of sp³-hybridized carbons (Fsp3) is 0.143. The van der Waals surface area contributed by atoms with Gasteiger partial charge in [-0.15, -0.1) is 0 Å². The van der Waals surface area contributed by atoms with Gasteiger partial charge >= 0.3 is 0 Å². The van der Waals surface area contributed by atoms with Gasteiger partial charge in [0.1, 0.15) is 16.4 Å². The quantitative estimate of drug-likeness (QED) is 0.507. The van der Waals surface area contributed by atoms with Crippen LogP contribution < -0.4 is 0 Å². The first-order valence-electron chi connectivity index (χ1n) is 5.77. The molecule has 1 N–H and O–H groups in total. The van der Waals surface area contributed by atoms with Gasteiger partial charge in [-0.2, -0.15) is 8.42 Å². The molecule has 0 unspecified atom stereocenters. The van der Waals surface area contributed by atoms with Crippen molar-refractivity contribution in [3.8, 4) is 0 Å². The molecule has 0 aliphatic heterocycles. The van der Waals surface area contributed by atoms with Crippen LogP contribution in [0.5, 0.6) is 0 Å². The van der Waals surface area contributed by atoms with Crippen molar-refractivity contribution in [3.05, 3.63) is 53.3 Å². The molecule has 1 aliphatic rings. The summed E-state index contributed by atoms with van der Waals surface area (Å²) in [6.07, 6.45) is 0.887. The van der Waals surface area contributed by atoms with Crippen molar-refractivity contribution < 1.29 is 23.1 Å². The molecular formula is C14H12O5S. The van der Waals surface area contributed by atoms with Crippen molar-refractivity contribution in [1.82, 2.24) is 0 Å². The molecule has 0 fully saturated rings. The van der Waals surface area contributed by atoms with E-state index in [0.717, 1.165) is 6.08 Å². The topological polar surface area (TPSA) is 80.7 Å². The van der Waals surface area contributed by atoms with Gasteiger partial charge in [0.2, 0.25) is 10.3 Å². The van der Waals surface area contributed by atoms with Crippen molar-refractivity contribution >= 4 is 26.7 Å². The van der Waals surface area contributed by atoms with Gasteiger partial charge in [-0.25, -0.2) is 0 Å². The number of hydrogen-bond acceptors (Lipinski definition) is 5. The van der Waals surface area contributed by atoms with E-state index in [1.807, 2.05) is 0 Å². The molecule has 0 amide bonds. The number of methoxy groups -OCH3 is 1. The molecule has 0 aromatic heterocycles. The van der Waals surface area contributed by atoms with Gasteiger partial charge in [0.25, 0.3) is 0 Å². The van der Waals surface area contributed by atoms with Gasteiger partial charge in [-0.3, -0.25) is 4.79 Å². The van der Waals surface area contributed by atoms with Crippen LogP contribution in [0.15, 0.2) is 47.7 Å². The number of ketones is 1. The normalized spacial score (nSPS) is 17.6. The zero-order chi connectivity index (χ0) is 14.7. The maximum Gasteiger partial charge on any atom is 0.221 e. The first-order valence-corrected chi connectivity index (χ1v) is 6.85. The van der Waals surface area contributed by atoms with E-state index in [9.17, 15) is 18.3 Å². The van der Waals surface area contributed by atoms with Gasteiger partial charge < -0.3 is 9.84 Å². The molecule has 1 aromatic carbocycles. The summed E-state index contributed by atoms with van der Waals surface area (Å²) >= 11 is 0. The maximum atomic E-state index is 12.0. The van der Waals surface area contributed by atoms with E-state index in [0.29, 0.717) is 5.56 Å². The van der Waals surface area contributed by atoms with Gasteiger partial charge in [-0.1, -0.05) is 30.3 Å². The number of hydrogen-bond donors (Lipinski definition) is 1. The van der Waals surface area contributed by atoms with E-state index in [1.54, 1.807) is 30.3 Å². The lowest BCUT2D eigenvalue weighted by Gasteiger charge is -2.15. The minimum Gasteiger partial charge on any atom is -0.507 e. The second kappa shape index (κ2) is 5.75. The zero-order valence-electron chi connectivity index (χ0n) is 10.7. The van der Waals surface area contributed by atoms with E-state index in [2.05, 4.69) is 0 Å². The Kier molecular flexibility index (Phi) is 4.05. The Bertz CT molecular complexity index is 731. The summed E-state index contributed by atoms with van der Waals surface area (Å²) in [7, 11) is -1.23. The van der Waals surface area contributed by atoms with Crippen molar-refractivity contribution in [3.63, 3.8) is 0 Å². The number of carbonyl (C=O) groups excluding carboxylic acids is 1. The Hall–Kier alpha value is -2.34. The predicted octanol–water partition coefficient (Wildman–Crippen LogP) is 1.51. The molecular weight excluding hydrogens is 280 g/mol. The molecule has 6 heteroatoms. The average molecular weight is 292 g/mol. The third-order valence-corrected chi connectivity index (χ3v) is 3.67. The molecule has 0 saturated carbocycles. The van der Waals surface area contributed by atoms with Gasteiger partial charge in [0.15, 0.2) is 5.78 Å². The van der Waals surface area contributed by atoms with Crippen LogP contribution in [0.1, 0.15) is 12.0 Å². The SMILES string of the molecule is COC1=CC(=O)C(=C(O)c2ccccc2)CC1=S(=O)=O. The fourth-order valence-electron chi connectivity index (χ4n) is 1.91. The largest absolute Gasteiger partial charge is 0.507 e. The lowest BCUT2D eigenvalue weighted by Crippen LogP contribution is -2.19. The molecule has 0 saturated heterocycles. The smallest absolute Gasteiger partial charge is 0.221 e. The number of carbonyl (C=O) groups is 1. The fourth-order valence-corrected chi connectivity index (χ4v) is 2.47. The number of aliphatic hydroxyl groups is 1. The van der Waals surface area contributed by atoms with Crippen molar-refractivity contribution in [2.75, 3.05) is 7.11 Å². The maximum absolute atomic E-state index is 12.0. The van der Waals surface area contributed by atoms with Crippen molar-refractivity contribution in [1.29, 1.82) is 0 Å². The lowest BCUT2D eigenvalue weighted by molar-refractivity contribution is -0.111. The van der Waals surface area contributed by atoms with E-state index in [4.69, 9.17) is 4.74 Å². The third kappa shape index (κ3) is 2.65. The molecule has 0 bridgehead atoms. The van der Waals surface area contributed by atoms with Crippen LogP contribution in [0.25, 0.3) is 5.76 Å². The van der Waals surface area contributed by atoms with Crippen LogP contribution in [-0.2, 0) is 19.8 Å². The van der Waals surface area contributed by atoms with Crippen molar-refractivity contribution in [2.24, 2.45) is 0 Å². The highest BCUT2D eigenvalue weighted by Gasteiger charge is 2.26. The molecule has 1 aromatic rings. The second-order valence-electron chi connectivity index (χ2n) is 4.10. The van der Waals surface area contributed by atoms with Crippen molar-refractivity contribution in [2.45, 2.75) is 6.42 Å². The highest BCUT2D eigenvalue weighted by atomic mass is 32.2. The average Bonchev–Trinajstić information content (AvgIpc) is 2.46. The van der Waals surface area contributed by atoms with Crippen LogP contribution in [0.2, 0.25) is 0 Å².